The maximum Gasteiger partial charge on any atom is 0.327 e. The van der Waals surface area contributed by atoms with E-state index >= 15 is 0 Å². The molecule has 0 radical (unpaired) electrons. The lowest BCUT2D eigenvalue weighted by molar-refractivity contribution is -0.138. The summed E-state index contributed by atoms with van der Waals surface area (Å²) in [6, 6.07) is 17.5. The van der Waals surface area contributed by atoms with Crippen molar-refractivity contribution >= 4 is 23.6 Å². The van der Waals surface area contributed by atoms with Gasteiger partial charge in [-0.15, -0.1) is 0 Å². The number of aliphatic carboxylic acids is 1. The molecule has 3 aromatic carbocycles. The first-order valence-electron chi connectivity index (χ1n) is 12.6. The van der Waals surface area contributed by atoms with Crippen molar-refractivity contribution in [2.45, 2.75) is 38.1 Å². The Hall–Kier alpha value is -4.71. The van der Waals surface area contributed by atoms with Crippen LogP contribution in [0.1, 0.15) is 51.4 Å². The summed E-state index contributed by atoms with van der Waals surface area (Å²) in [7, 11) is 0. The van der Waals surface area contributed by atoms with E-state index < -0.39 is 23.9 Å². The highest BCUT2D eigenvalue weighted by molar-refractivity contribution is 6.01. The molecule has 0 spiro atoms. The second kappa shape index (κ2) is 11.8. The molecule has 1 saturated heterocycles. The number of hydrogen-bond donors (Lipinski definition) is 2. The van der Waals surface area contributed by atoms with Gasteiger partial charge in [0.1, 0.15) is 11.9 Å². The Bertz CT molecular complexity index is 1410. The van der Waals surface area contributed by atoms with E-state index in [1.54, 1.807) is 36.1 Å². The van der Waals surface area contributed by atoms with E-state index in [2.05, 4.69) is 6.07 Å². The smallest absolute Gasteiger partial charge is 0.327 e. The van der Waals surface area contributed by atoms with Crippen LogP contribution in [-0.2, 0) is 11.2 Å². The third kappa shape index (κ3) is 6.24. The fourth-order valence-electron chi connectivity index (χ4n) is 5.00. The van der Waals surface area contributed by atoms with Crippen LogP contribution in [0.2, 0.25) is 0 Å². The van der Waals surface area contributed by atoms with Crippen molar-refractivity contribution in [3.8, 4) is 6.07 Å². The highest BCUT2D eigenvalue weighted by atomic mass is 19.1. The number of carbonyl (C=O) groups excluding carboxylic acids is 2. The van der Waals surface area contributed by atoms with Crippen molar-refractivity contribution in [2.75, 3.05) is 18.0 Å². The van der Waals surface area contributed by atoms with Gasteiger partial charge in [0, 0.05) is 25.1 Å². The number of nitriles is 1. The second-order valence-corrected chi connectivity index (χ2v) is 9.69. The van der Waals surface area contributed by atoms with Crippen LogP contribution in [0.4, 0.5) is 14.9 Å². The molecule has 1 unspecified atom stereocenters. The molecule has 4 rings (SSSR count). The molecule has 0 aromatic heterocycles. The van der Waals surface area contributed by atoms with Gasteiger partial charge in [0.15, 0.2) is 0 Å². The van der Waals surface area contributed by atoms with Gasteiger partial charge in [-0.25, -0.2) is 14.0 Å². The standard InChI is InChI=1S/C30H29FN4O4/c1-19-2-7-24(28(36)34-14-12-23(13-15-34)22-8-3-21(18-32)4-9-22)17-26(19)35(30(33)39)27(29(37)38)16-20-5-10-25(31)11-6-20/h2-11,17,23,27H,12-16H2,1H3,(H2,33,39)(H,37,38). The van der Waals surface area contributed by atoms with E-state index in [4.69, 9.17) is 11.0 Å². The summed E-state index contributed by atoms with van der Waals surface area (Å²) in [5.74, 6) is -1.67. The molecule has 200 valence electrons. The SMILES string of the molecule is Cc1ccc(C(=O)N2CCC(c3ccc(C#N)cc3)CC2)cc1N(C(N)=O)C(Cc1ccc(F)cc1)C(=O)O. The molecular weight excluding hydrogens is 499 g/mol. The van der Waals surface area contributed by atoms with Crippen LogP contribution >= 0.6 is 0 Å². The number of amides is 3. The molecule has 0 bridgehead atoms. The van der Waals surface area contributed by atoms with Crippen LogP contribution < -0.4 is 10.6 Å². The van der Waals surface area contributed by atoms with Gasteiger partial charge in [0.05, 0.1) is 17.3 Å². The molecule has 8 nitrogen and oxygen atoms in total. The average molecular weight is 529 g/mol. The fraction of sp³-hybridized carbons (Fsp3) is 0.267. The zero-order valence-electron chi connectivity index (χ0n) is 21.5. The molecule has 3 aromatic rings. The van der Waals surface area contributed by atoms with Crippen molar-refractivity contribution < 1.29 is 23.9 Å². The number of carbonyl (C=O) groups is 3. The number of nitrogens with zero attached hydrogens (tertiary/aromatic N) is 3. The first kappa shape index (κ1) is 27.3. The molecule has 1 aliphatic rings. The largest absolute Gasteiger partial charge is 0.480 e. The highest BCUT2D eigenvalue weighted by Crippen LogP contribution is 2.30. The summed E-state index contributed by atoms with van der Waals surface area (Å²) in [6.45, 7) is 2.78. The number of likely N-dealkylation sites (tertiary alicyclic amines) is 1. The molecule has 1 fully saturated rings. The predicted octanol–water partition coefficient (Wildman–Crippen LogP) is 4.61. The van der Waals surface area contributed by atoms with Gasteiger partial charge >= 0.3 is 12.0 Å². The number of primary amides is 1. The van der Waals surface area contributed by atoms with Gasteiger partial charge < -0.3 is 15.7 Å². The number of urea groups is 1. The van der Waals surface area contributed by atoms with E-state index in [-0.39, 0.29) is 23.9 Å². The lowest BCUT2D eigenvalue weighted by atomic mass is 9.89. The van der Waals surface area contributed by atoms with Gasteiger partial charge in [0.25, 0.3) is 5.91 Å². The van der Waals surface area contributed by atoms with E-state index in [1.807, 2.05) is 12.1 Å². The lowest BCUT2D eigenvalue weighted by Gasteiger charge is -2.33. The Kier molecular flexibility index (Phi) is 8.25. The Morgan fingerprint density at radius 1 is 1.08 bits per heavy atom. The third-order valence-corrected chi connectivity index (χ3v) is 7.19. The Balaban J connectivity index is 1.54. The van der Waals surface area contributed by atoms with Crippen LogP contribution in [0.3, 0.4) is 0 Å². The number of benzene rings is 3. The summed E-state index contributed by atoms with van der Waals surface area (Å²) < 4.78 is 13.3. The molecule has 3 N–H and O–H groups in total. The number of hydrogen-bond acceptors (Lipinski definition) is 4. The van der Waals surface area contributed by atoms with Gasteiger partial charge in [-0.2, -0.15) is 5.26 Å². The zero-order chi connectivity index (χ0) is 28.1. The van der Waals surface area contributed by atoms with E-state index in [9.17, 15) is 23.9 Å². The summed E-state index contributed by atoms with van der Waals surface area (Å²) >= 11 is 0. The monoisotopic (exact) mass is 528 g/mol. The number of carboxylic acids is 1. The minimum atomic E-state index is -1.36. The van der Waals surface area contributed by atoms with Crippen LogP contribution in [-0.4, -0.2) is 47.0 Å². The highest BCUT2D eigenvalue weighted by Gasteiger charge is 2.32. The quantitative estimate of drug-likeness (QED) is 0.463. The van der Waals surface area contributed by atoms with Crippen molar-refractivity contribution in [1.82, 2.24) is 4.90 Å². The molecule has 1 atom stereocenters. The molecule has 3 amide bonds. The number of halogens is 1. The first-order chi connectivity index (χ1) is 18.7. The van der Waals surface area contributed by atoms with Crippen molar-refractivity contribution in [1.29, 1.82) is 5.26 Å². The van der Waals surface area contributed by atoms with Gasteiger partial charge in [0.2, 0.25) is 0 Å². The Labute approximate surface area is 226 Å². The normalized spacial score (nSPS) is 14.3. The maximum atomic E-state index is 13.4. The topological polar surface area (TPSA) is 128 Å². The van der Waals surface area contributed by atoms with Crippen LogP contribution in [0.25, 0.3) is 0 Å². The zero-order valence-corrected chi connectivity index (χ0v) is 21.5. The van der Waals surface area contributed by atoms with Crippen LogP contribution in [0, 0.1) is 24.1 Å². The molecule has 0 aliphatic carbocycles. The van der Waals surface area contributed by atoms with Crippen LogP contribution in [0.15, 0.2) is 66.7 Å². The second-order valence-electron chi connectivity index (χ2n) is 9.69. The Morgan fingerprint density at radius 3 is 2.28 bits per heavy atom. The Morgan fingerprint density at radius 2 is 1.72 bits per heavy atom. The minimum absolute atomic E-state index is 0.0982. The third-order valence-electron chi connectivity index (χ3n) is 7.19. The van der Waals surface area contributed by atoms with E-state index in [0.29, 0.717) is 35.3 Å². The average Bonchev–Trinajstić information content (AvgIpc) is 2.94. The predicted molar refractivity (Wildman–Crippen MR) is 144 cm³/mol. The number of piperidine rings is 1. The van der Waals surface area contributed by atoms with Crippen molar-refractivity contribution in [3.05, 3.63) is 100 Å². The van der Waals surface area contributed by atoms with Gasteiger partial charge in [-0.3, -0.25) is 9.69 Å². The lowest BCUT2D eigenvalue weighted by Crippen LogP contribution is -2.49. The van der Waals surface area contributed by atoms with Gasteiger partial charge in [-0.1, -0.05) is 30.3 Å². The van der Waals surface area contributed by atoms with E-state index in [0.717, 1.165) is 23.3 Å². The maximum absolute atomic E-state index is 13.4. The van der Waals surface area contributed by atoms with Crippen molar-refractivity contribution in [2.24, 2.45) is 5.73 Å². The molecule has 1 aliphatic heterocycles. The summed E-state index contributed by atoms with van der Waals surface area (Å²) in [5.41, 5.74) is 9.06. The van der Waals surface area contributed by atoms with Crippen LogP contribution in [0.5, 0.6) is 0 Å². The summed E-state index contributed by atoms with van der Waals surface area (Å²) in [4.78, 5) is 40.9. The number of carboxylic acid groups (broad SMARTS) is 1. The molecule has 1 heterocycles. The molecule has 0 saturated carbocycles. The summed E-state index contributed by atoms with van der Waals surface area (Å²) in [5, 5.41) is 19.0. The summed E-state index contributed by atoms with van der Waals surface area (Å²) in [6.07, 6.45) is 1.43. The minimum Gasteiger partial charge on any atom is -0.480 e. The molecular formula is C30H29FN4O4. The number of aryl methyl sites for hydroxylation is 1. The molecule has 39 heavy (non-hydrogen) atoms. The van der Waals surface area contributed by atoms with E-state index in [1.165, 1.54) is 30.3 Å². The first-order valence-corrected chi connectivity index (χ1v) is 12.6. The molecule has 9 heteroatoms. The van der Waals surface area contributed by atoms with Gasteiger partial charge in [-0.05, 0) is 78.8 Å². The number of nitrogens with two attached hydrogens (primary N) is 1. The number of rotatable bonds is 7. The number of anilines is 1. The van der Waals surface area contributed by atoms with Crippen molar-refractivity contribution in [3.63, 3.8) is 0 Å². The fourth-order valence-corrected chi connectivity index (χ4v) is 5.00.